The number of fused-ring (bicyclic) bond motifs is 1. The molecule has 100 valence electrons. The molecule has 0 spiro atoms. The molecule has 2 atom stereocenters. The molecule has 0 saturated carbocycles. The van der Waals surface area contributed by atoms with Crippen molar-refractivity contribution in [1.29, 1.82) is 0 Å². The topological polar surface area (TPSA) is 38.1 Å². The van der Waals surface area contributed by atoms with E-state index in [-0.39, 0.29) is 6.04 Å². The fraction of sp³-hybridized carbons (Fsp3) is 0.438. The van der Waals surface area contributed by atoms with Crippen LogP contribution in [0.25, 0.3) is 0 Å². The van der Waals surface area contributed by atoms with Gasteiger partial charge in [-0.25, -0.2) is 0 Å². The molecule has 1 aliphatic rings. The molecule has 1 aromatic heterocycles. The lowest BCUT2D eigenvalue weighted by atomic mass is 10.0. The van der Waals surface area contributed by atoms with Crippen molar-refractivity contribution in [3.8, 4) is 0 Å². The summed E-state index contributed by atoms with van der Waals surface area (Å²) in [7, 11) is 0. The van der Waals surface area contributed by atoms with Crippen molar-refractivity contribution in [2.24, 2.45) is 0 Å². The van der Waals surface area contributed by atoms with Gasteiger partial charge in [0.1, 0.15) is 5.76 Å². The summed E-state index contributed by atoms with van der Waals surface area (Å²) in [5.41, 5.74) is 5.11. The maximum Gasteiger partial charge on any atom is 0.138 e. The molecular formula is C16H20N2O. The van der Waals surface area contributed by atoms with Crippen molar-refractivity contribution in [2.45, 2.75) is 45.7 Å². The largest absolute Gasteiger partial charge is 0.361 e. The van der Waals surface area contributed by atoms with Crippen LogP contribution in [-0.4, -0.2) is 5.16 Å². The molecule has 3 heteroatoms. The molecule has 2 unspecified atom stereocenters. The van der Waals surface area contributed by atoms with Crippen molar-refractivity contribution < 1.29 is 4.52 Å². The third kappa shape index (κ3) is 2.19. The van der Waals surface area contributed by atoms with Crippen LogP contribution in [0.15, 0.2) is 28.8 Å². The summed E-state index contributed by atoms with van der Waals surface area (Å²) in [5.74, 6) is 0.920. The standard InChI is InChI=1S/C16H20N2O/c1-10(16-11(2)18-19-12(16)3)17-15-9-8-13-6-4-5-7-14(13)15/h4-7,10,15,17H,8-9H2,1-3H3. The van der Waals surface area contributed by atoms with E-state index in [9.17, 15) is 0 Å². The van der Waals surface area contributed by atoms with Gasteiger partial charge in [0.2, 0.25) is 0 Å². The zero-order chi connectivity index (χ0) is 13.4. The van der Waals surface area contributed by atoms with Crippen LogP contribution in [0.4, 0.5) is 0 Å². The smallest absolute Gasteiger partial charge is 0.138 e. The molecule has 3 rings (SSSR count). The van der Waals surface area contributed by atoms with E-state index in [1.807, 2.05) is 13.8 Å². The summed E-state index contributed by atoms with van der Waals surface area (Å²) < 4.78 is 5.26. The van der Waals surface area contributed by atoms with E-state index in [1.54, 1.807) is 0 Å². The van der Waals surface area contributed by atoms with Gasteiger partial charge in [0.15, 0.2) is 0 Å². The number of rotatable bonds is 3. The first-order valence-electron chi connectivity index (χ1n) is 6.93. The molecule has 0 bridgehead atoms. The van der Waals surface area contributed by atoms with Crippen molar-refractivity contribution >= 4 is 0 Å². The molecule has 2 aromatic rings. The zero-order valence-electron chi connectivity index (χ0n) is 11.7. The Labute approximate surface area is 114 Å². The summed E-state index contributed by atoms with van der Waals surface area (Å²) >= 11 is 0. The Morgan fingerprint density at radius 2 is 2.11 bits per heavy atom. The molecule has 19 heavy (non-hydrogen) atoms. The highest BCUT2D eigenvalue weighted by atomic mass is 16.5. The molecule has 0 amide bonds. The first-order chi connectivity index (χ1) is 9.16. The van der Waals surface area contributed by atoms with Crippen molar-refractivity contribution in [1.82, 2.24) is 10.5 Å². The van der Waals surface area contributed by atoms with Crippen LogP contribution in [0.1, 0.15) is 53.6 Å². The molecule has 1 aliphatic carbocycles. The lowest BCUT2D eigenvalue weighted by Gasteiger charge is -2.20. The van der Waals surface area contributed by atoms with Gasteiger partial charge in [-0.15, -0.1) is 0 Å². The van der Waals surface area contributed by atoms with Crippen molar-refractivity contribution in [3.63, 3.8) is 0 Å². The first-order valence-corrected chi connectivity index (χ1v) is 6.93. The van der Waals surface area contributed by atoms with Gasteiger partial charge in [0.25, 0.3) is 0 Å². The molecular weight excluding hydrogens is 236 g/mol. The minimum absolute atomic E-state index is 0.266. The highest BCUT2D eigenvalue weighted by molar-refractivity contribution is 5.35. The number of nitrogens with zero attached hydrogens (tertiary/aromatic N) is 1. The Morgan fingerprint density at radius 3 is 2.84 bits per heavy atom. The van der Waals surface area contributed by atoms with Gasteiger partial charge in [-0.05, 0) is 44.7 Å². The molecule has 0 radical (unpaired) electrons. The number of aromatic nitrogens is 1. The van der Waals surface area contributed by atoms with Gasteiger partial charge < -0.3 is 9.84 Å². The van der Waals surface area contributed by atoms with E-state index in [0.717, 1.165) is 11.5 Å². The first kappa shape index (κ1) is 12.4. The average Bonchev–Trinajstić information content (AvgIpc) is 2.94. The fourth-order valence-electron chi connectivity index (χ4n) is 3.22. The lowest BCUT2D eigenvalue weighted by molar-refractivity contribution is 0.388. The summed E-state index contributed by atoms with van der Waals surface area (Å²) in [5, 5.41) is 7.76. The third-order valence-electron chi connectivity index (χ3n) is 4.11. The van der Waals surface area contributed by atoms with Crippen LogP contribution in [0, 0.1) is 13.8 Å². The van der Waals surface area contributed by atoms with Crippen LogP contribution in [0.2, 0.25) is 0 Å². The molecule has 1 aromatic carbocycles. The number of hydrogen-bond acceptors (Lipinski definition) is 3. The minimum atomic E-state index is 0.266. The van der Waals surface area contributed by atoms with E-state index in [0.29, 0.717) is 6.04 Å². The van der Waals surface area contributed by atoms with E-state index in [4.69, 9.17) is 4.52 Å². The molecule has 1 heterocycles. The van der Waals surface area contributed by atoms with E-state index >= 15 is 0 Å². The predicted octanol–water partition coefficient (Wildman–Crippen LogP) is 3.63. The fourth-order valence-corrected chi connectivity index (χ4v) is 3.22. The van der Waals surface area contributed by atoms with Crippen LogP contribution < -0.4 is 5.32 Å². The van der Waals surface area contributed by atoms with Gasteiger partial charge in [-0.1, -0.05) is 29.4 Å². The Morgan fingerprint density at radius 1 is 1.32 bits per heavy atom. The highest BCUT2D eigenvalue weighted by Crippen LogP contribution is 2.33. The zero-order valence-corrected chi connectivity index (χ0v) is 11.7. The minimum Gasteiger partial charge on any atom is -0.361 e. The predicted molar refractivity (Wildman–Crippen MR) is 75.0 cm³/mol. The van der Waals surface area contributed by atoms with Crippen molar-refractivity contribution in [3.05, 3.63) is 52.4 Å². The molecule has 0 saturated heterocycles. The number of aryl methyl sites for hydroxylation is 3. The summed E-state index contributed by atoms with van der Waals surface area (Å²) in [6.45, 7) is 6.18. The van der Waals surface area contributed by atoms with Gasteiger partial charge in [-0.3, -0.25) is 0 Å². The Bertz CT molecular complexity index is 569. The number of hydrogen-bond donors (Lipinski definition) is 1. The second-order valence-electron chi connectivity index (χ2n) is 5.42. The highest BCUT2D eigenvalue weighted by Gasteiger charge is 2.25. The van der Waals surface area contributed by atoms with E-state index < -0.39 is 0 Å². The maximum atomic E-state index is 5.26. The average molecular weight is 256 g/mol. The summed E-state index contributed by atoms with van der Waals surface area (Å²) in [6, 6.07) is 9.43. The Hall–Kier alpha value is -1.61. The van der Waals surface area contributed by atoms with E-state index in [1.165, 1.54) is 29.5 Å². The number of nitrogens with one attached hydrogen (secondary N) is 1. The van der Waals surface area contributed by atoms with E-state index in [2.05, 4.69) is 41.7 Å². The third-order valence-corrected chi connectivity index (χ3v) is 4.11. The quantitative estimate of drug-likeness (QED) is 0.911. The normalized spacial score (nSPS) is 19.4. The van der Waals surface area contributed by atoms with Gasteiger partial charge in [0, 0.05) is 17.6 Å². The molecule has 3 nitrogen and oxygen atoms in total. The second-order valence-corrected chi connectivity index (χ2v) is 5.42. The number of benzene rings is 1. The Balaban J connectivity index is 1.80. The van der Waals surface area contributed by atoms with Crippen molar-refractivity contribution in [2.75, 3.05) is 0 Å². The lowest BCUT2D eigenvalue weighted by Crippen LogP contribution is -2.23. The Kier molecular flexibility index (Phi) is 3.15. The van der Waals surface area contributed by atoms with Crippen LogP contribution >= 0.6 is 0 Å². The molecule has 0 fully saturated rings. The van der Waals surface area contributed by atoms with Gasteiger partial charge in [0.05, 0.1) is 5.69 Å². The van der Waals surface area contributed by atoms with Crippen LogP contribution in [-0.2, 0) is 6.42 Å². The SMILES string of the molecule is Cc1noc(C)c1C(C)NC1CCc2ccccc21. The second kappa shape index (κ2) is 4.82. The monoisotopic (exact) mass is 256 g/mol. The van der Waals surface area contributed by atoms with Gasteiger partial charge in [-0.2, -0.15) is 0 Å². The summed E-state index contributed by atoms with van der Waals surface area (Å²) in [6.07, 6.45) is 2.34. The maximum absolute atomic E-state index is 5.26. The van der Waals surface area contributed by atoms with Gasteiger partial charge >= 0.3 is 0 Å². The molecule has 0 aliphatic heterocycles. The summed E-state index contributed by atoms with van der Waals surface area (Å²) in [4.78, 5) is 0. The molecule has 1 N–H and O–H groups in total. The van der Waals surface area contributed by atoms with Crippen LogP contribution in [0.3, 0.4) is 0 Å². The van der Waals surface area contributed by atoms with Crippen LogP contribution in [0.5, 0.6) is 0 Å².